The van der Waals surface area contributed by atoms with Gasteiger partial charge in [0.2, 0.25) is 6.29 Å². The first-order valence-corrected chi connectivity index (χ1v) is 16.1. The van der Waals surface area contributed by atoms with Crippen LogP contribution >= 0.6 is 11.3 Å². The fraction of sp³-hybridized carbons (Fsp3) is 0.0488. The Morgan fingerprint density at radius 1 is 0.556 bits per heavy atom. The maximum Gasteiger partial charge on any atom is 0.203 e. The topological polar surface area (TPSA) is 20.5 Å². The van der Waals surface area contributed by atoms with Gasteiger partial charge in [0, 0.05) is 43.7 Å². The average molecular weight is 596 g/mol. The van der Waals surface area contributed by atoms with Gasteiger partial charge in [-0.2, -0.15) is 0 Å². The number of nitrogens with zero attached hydrogens (tertiary/aromatic N) is 3. The number of allylic oxidation sites excluding steroid dienone is 1. The van der Waals surface area contributed by atoms with Crippen molar-refractivity contribution in [2.24, 2.45) is 4.99 Å². The monoisotopic (exact) mass is 595 g/mol. The summed E-state index contributed by atoms with van der Waals surface area (Å²) in [4.78, 5) is 7.73. The molecule has 1 atom stereocenters. The number of rotatable bonds is 4. The lowest BCUT2D eigenvalue weighted by Crippen LogP contribution is -2.31. The number of thiophene rings is 1. The summed E-state index contributed by atoms with van der Waals surface area (Å²) in [5, 5.41) is 5.12. The molecule has 2 aromatic heterocycles. The third-order valence-electron chi connectivity index (χ3n) is 9.05. The Hall–Kier alpha value is -5.45. The van der Waals surface area contributed by atoms with Crippen LogP contribution < -0.4 is 0 Å². The highest BCUT2D eigenvalue weighted by atomic mass is 32.1. The second-order valence-electron chi connectivity index (χ2n) is 11.6. The third-order valence-corrected chi connectivity index (χ3v) is 10.3. The van der Waals surface area contributed by atoms with Crippen LogP contribution in [0.4, 0.5) is 0 Å². The molecule has 45 heavy (non-hydrogen) atoms. The summed E-state index contributed by atoms with van der Waals surface area (Å²) in [6.45, 7) is 0. The van der Waals surface area contributed by atoms with Crippen LogP contribution in [0.1, 0.15) is 17.4 Å². The second-order valence-corrected chi connectivity index (χ2v) is 12.7. The standard InChI is InChI=1S/C41H29N3S/c1-43-38(28-15-6-3-7-16-28)26-35(27-13-4-2-5-14-27)42-41(43)44-36-21-10-8-17-31(36)34-25-29(23-24-37(34)44)30-19-12-20-33-32-18-9-11-22-39(32)45-40(30)33/h2-26,41H,1H3. The minimum atomic E-state index is -0.264. The second kappa shape index (κ2) is 10.3. The predicted octanol–water partition coefficient (Wildman–Crippen LogP) is 10.8. The first-order chi connectivity index (χ1) is 22.2. The molecule has 4 heteroatoms. The highest BCUT2D eigenvalue weighted by Crippen LogP contribution is 2.43. The number of aliphatic imine (C=N–C) groups is 1. The summed E-state index contributed by atoms with van der Waals surface area (Å²) in [6.07, 6.45) is 1.96. The summed E-state index contributed by atoms with van der Waals surface area (Å²) in [7, 11) is 2.16. The Balaban J connectivity index is 1.26. The van der Waals surface area contributed by atoms with E-state index in [0.29, 0.717) is 0 Å². The zero-order valence-electron chi connectivity index (χ0n) is 24.8. The highest BCUT2D eigenvalue weighted by molar-refractivity contribution is 7.26. The Morgan fingerprint density at radius 3 is 2.04 bits per heavy atom. The van der Waals surface area contributed by atoms with Crippen molar-refractivity contribution in [3.8, 4) is 11.1 Å². The van der Waals surface area contributed by atoms with Crippen molar-refractivity contribution >= 4 is 64.7 Å². The van der Waals surface area contributed by atoms with Crippen LogP contribution in [-0.4, -0.2) is 22.2 Å². The lowest BCUT2D eigenvalue weighted by molar-refractivity contribution is 0.282. The molecule has 0 aliphatic carbocycles. The van der Waals surface area contributed by atoms with Crippen molar-refractivity contribution < 1.29 is 0 Å². The first kappa shape index (κ1) is 26.0. The molecular formula is C41H29N3S. The molecule has 0 saturated heterocycles. The summed E-state index contributed by atoms with van der Waals surface area (Å²) in [6, 6.07) is 52.3. The Labute approximate surface area is 265 Å². The van der Waals surface area contributed by atoms with Crippen molar-refractivity contribution in [3.63, 3.8) is 0 Å². The normalized spacial score (nSPS) is 15.2. The Bertz CT molecular complexity index is 2450. The van der Waals surface area contributed by atoms with Gasteiger partial charge in [-0.25, -0.2) is 4.99 Å². The molecule has 0 fully saturated rings. The molecule has 1 aliphatic heterocycles. The van der Waals surface area contributed by atoms with E-state index in [4.69, 9.17) is 4.99 Å². The molecule has 1 unspecified atom stereocenters. The SMILES string of the molecule is CN1C(c2ccccc2)=CC(c2ccccc2)=NC1n1c2ccccc2c2cc(-c3cccc4c3sc3ccccc34)ccc21. The van der Waals surface area contributed by atoms with Crippen LogP contribution in [0.25, 0.3) is 58.8 Å². The number of para-hydroxylation sites is 1. The molecule has 0 bridgehead atoms. The van der Waals surface area contributed by atoms with E-state index in [1.54, 1.807) is 0 Å². The average Bonchev–Trinajstić information content (AvgIpc) is 3.65. The maximum atomic E-state index is 5.43. The van der Waals surface area contributed by atoms with Gasteiger partial charge in [-0.05, 0) is 52.6 Å². The van der Waals surface area contributed by atoms with E-state index < -0.39 is 0 Å². The zero-order chi connectivity index (χ0) is 29.9. The van der Waals surface area contributed by atoms with E-state index >= 15 is 0 Å². The van der Waals surface area contributed by atoms with E-state index in [-0.39, 0.29) is 6.29 Å². The molecule has 1 aliphatic rings. The van der Waals surface area contributed by atoms with Crippen LogP contribution in [0.15, 0.2) is 157 Å². The Kier molecular flexibility index (Phi) is 5.97. The quantitative estimate of drug-likeness (QED) is 0.198. The molecule has 3 heterocycles. The zero-order valence-corrected chi connectivity index (χ0v) is 25.6. The van der Waals surface area contributed by atoms with Gasteiger partial charge in [-0.3, -0.25) is 0 Å². The maximum absolute atomic E-state index is 5.43. The van der Waals surface area contributed by atoms with Crippen molar-refractivity contribution in [3.05, 3.63) is 163 Å². The Morgan fingerprint density at radius 2 is 1.22 bits per heavy atom. The molecule has 0 saturated carbocycles. The summed E-state index contributed by atoms with van der Waals surface area (Å²) >= 11 is 1.88. The molecule has 0 amide bonds. The molecule has 6 aromatic carbocycles. The molecule has 0 N–H and O–H groups in total. The van der Waals surface area contributed by atoms with Crippen LogP contribution in [-0.2, 0) is 0 Å². The molecular weight excluding hydrogens is 567 g/mol. The van der Waals surface area contributed by atoms with Crippen LogP contribution in [0.5, 0.6) is 0 Å². The van der Waals surface area contributed by atoms with Gasteiger partial charge in [0.25, 0.3) is 0 Å². The predicted molar refractivity (Wildman–Crippen MR) is 192 cm³/mol. The van der Waals surface area contributed by atoms with E-state index in [1.807, 2.05) is 11.3 Å². The van der Waals surface area contributed by atoms with E-state index in [2.05, 4.69) is 168 Å². The van der Waals surface area contributed by atoms with Gasteiger partial charge in [-0.1, -0.05) is 121 Å². The van der Waals surface area contributed by atoms with Crippen LogP contribution in [0.3, 0.4) is 0 Å². The minimum Gasteiger partial charge on any atom is -0.335 e. The molecule has 0 radical (unpaired) electrons. The number of aromatic nitrogens is 1. The minimum absolute atomic E-state index is 0.264. The van der Waals surface area contributed by atoms with Crippen molar-refractivity contribution in [2.75, 3.05) is 7.05 Å². The smallest absolute Gasteiger partial charge is 0.203 e. The fourth-order valence-corrected chi connectivity index (χ4v) is 8.13. The fourth-order valence-electron chi connectivity index (χ4n) is 6.89. The van der Waals surface area contributed by atoms with Gasteiger partial charge in [-0.15, -0.1) is 11.3 Å². The van der Waals surface area contributed by atoms with Gasteiger partial charge in [0.1, 0.15) is 0 Å². The number of fused-ring (bicyclic) bond motifs is 6. The molecule has 3 nitrogen and oxygen atoms in total. The molecule has 9 rings (SSSR count). The summed E-state index contributed by atoms with van der Waals surface area (Å²) in [5.74, 6) is 0. The summed E-state index contributed by atoms with van der Waals surface area (Å²) < 4.78 is 5.07. The number of hydrogen-bond acceptors (Lipinski definition) is 3. The van der Waals surface area contributed by atoms with Gasteiger partial charge >= 0.3 is 0 Å². The number of hydrogen-bond donors (Lipinski definition) is 0. The lowest BCUT2D eigenvalue weighted by Gasteiger charge is -2.35. The largest absolute Gasteiger partial charge is 0.335 e. The first-order valence-electron chi connectivity index (χ1n) is 15.3. The molecule has 8 aromatic rings. The van der Waals surface area contributed by atoms with Crippen LogP contribution in [0, 0.1) is 0 Å². The molecule has 0 spiro atoms. The van der Waals surface area contributed by atoms with Gasteiger partial charge in [0.05, 0.1) is 16.7 Å². The van der Waals surface area contributed by atoms with Gasteiger partial charge in [0.15, 0.2) is 0 Å². The van der Waals surface area contributed by atoms with Gasteiger partial charge < -0.3 is 9.47 Å². The molecule has 214 valence electrons. The highest BCUT2D eigenvalue weighted by Gasteiger charge is 2.28. The lowest BCUT2D eigenvalue weighted by atomic mass is 10.0. The van der Waals surface area contributed by atoms with Crippen molar-refractivity contribution in [1.82, 2.24) is 9.47 Å². The third kappa shape index (κ3) is 4.14. The summed E-state index contributed by atoms with van der Waals surface area (Å²) in [5.41, 5.74) is 9.28. The van der Waals surface area contributed by atoms with E-state index in [1.165, 1.54) is 58.7 Å². The van der Waals surface area contributed by atoms with Crippen molar-refractivity contribution in [2.45, 2.75) is 6.29 Å². The van der Waals surface area contributed by atoms with Crippen molar-refractivity contribution in [1.29, 1.82) is 0 Å². The number of benzene rings is 6. The van der Waals surface area contributed by atoms with E-state index in [0.717, 1.165) is 17.0 Å². The van der Waals surface area contributed by atoms with E-state index in [9.17, 15) is 0 Å². The van der Waals surface area contributed by atoms with Crippen LogP contribution in [0.2, 0.25) is 0 Å².